The van der Waals surface area contributed by atoms with Gasteiger partial charge in [0.1, 0.15) is 5.75 Å². The van der Waals surface area contributed by atoms with Crippen molar-refractivity contribution in [3.63, 3.8) is 0 Å². The van der Waals surface area contributed by atoms with E-state index in [-0.39, 0.29) is 22.1 Å². The molecule has 5 heteroatoms. The van der Waals surface area contributed by atoms with Gasteiger partial charge in [0.15, 0.2) is 17.9 Å². The Kier molecular flexibility index (Phi) is 3.84. The van der Waals surface area contributed by atoms with Gasteiger partial charge in [0, 0.05) is 11.1 Å². The molecule has 92 valence electrons. The third kappa shape index (κ3) is 2.63. The highest BCUT2D eigenvalue weighted by Crippen LogP contribution is 2.31. The average Bonchev–Trinajstić information content (AvgIpc) is 2.35. The van der Waals surface area contributed by atoms with Gasteiger partial charge in [-0.1, -0.05) is 29.3 Å². The minimum Gasteiger partial charge on any atom is -0.453 e. The maximum atomic E-state index is 13.6. The number of halogens is 3. The number of aldehydes is 1. The lowest BCUT2D eigenvalue weighted by molar-refractivity contribution is 0.112. The molecule has 0 saturated heterocycles. The molecule has 0 heterocycles. The number of rotatable bonds is 3. The quantitative estimate of drug-likeness (QED) is 0.761. The van der Waals surface area contributed by atoms with Crippen LogP contribution in [-0.4, -0.2) is 6.29 Å². The van der Waals surface area contributed by atoms with Gasteiger partial charge in [-0.2, -0.15) is 0 Å². The van der Waals surface area contributed by atoms with Crippen LogP contribution in [-0.2, 0) is 0 Å². The molecule has 0 atom stereocenters. The summed E-state index contributed by atoms with van der Waals surface area (Å²) < 4.78 is 19.0. The highest BCUT2D eigenvalue weighted by atomic mass is 35.5. The van der Waals surface area contributed by atoms with Crippen molar-refractivity contribution in [3.05, 3.63) is 57.8 Å². The van der Waals surface area contributed by atoms with E-state index in [1.165, 1.54) is 24.3 Å². The molecule has 2 nitrogen and oxygen atoms in total. The van der Waals surface area contributed by atoms with E-state index in [1.54, 1.807) is 12.1 Å². The van der Waals surface area contributed by atoms with E-state index in [4.69, 9.17) is 27.9 Å². The lowest BCUT2D eigenvalue weighted by Gasteiger charge is -2.09. The van der Waals surface area contributed by atoms with E-state index >= 15 is 0 Å². The number of ether oxygens (including phenoxy) is 1. The summed E-state index contributed by atoms with van der Waals surface area (Å²) in [5.41, 5.74) is 0.277. The fraction of sp³-hybridized carbons (Fsp3) is 0. The topological polar surface area (TPSA) is 26.3 Å². The Morgan fingerprint density at radius 2 is 1.89 bits per heavy atom. The van der Waals surface area contributed by atoms with Crippen molar-refractivity contribution in [1.29, 1.82) is 0 Å². The van der Waals surface area contributed by atoms with Crippen molar-refractivity contribution in [2.75, 3.05) is 0 Å². The first-order valence-electron chi connectivity index (χ1n) is 4.98. The number of benzene rings is 2. The molecule has 0 aromatic heterocycles. The Morgan fingerprint density at radius 3 is 2.61 bits per heavy atom. The predicted molar refractivity (Wildman–Crippen MR) is 68.3 cm³/mol. The molecule has 0 saturated carbocycles. The summed E-state index contributed by atoms with van der Waals surface area (Å²) in [6, 6.07) is 8.84. The lowest BCUT2D eigenvalue weighted by atomic mass is 10.2. The predicted octanol–water partition coefficient (Wildman–Crippen LogP) is 4.74. The second kappa shape index (κ2) is 5.38. The van der Waals surface area contributed by atoms with Gasteiger partial charge in [-0.15, -0.1) is 0 Å². The Hall–Kier alpha value is -1.58. The fourth-order valence-electron chi connectivity index (χ4n) is 1.38. The van der Waals surface area contributed by atoms with E-state index in [1.807, 2.05) is 0 Å². The zero-order chi connectivity index (χ0) is 13.1. The summed E-state index contributed by atoms with van der Waals surface area (Å²) in [6.07, 6.45) is 0.605. The first kappa shape index (κ1) is 12.9. The molecule has 0 radical (unpaired) electrons. The SMILES string of the molecule is O=Cc1ccc(Cl)cc1Oc1cccc(Cl)c1F. The molecule has 0 aliphatic heterocycles. The average molecular weight is 285 g/mol. The molecule has 0 bridgehead atoms. The molecule has 2 rings (SSSR count). The van der Waals surface area contributed by atoms with Gasteiger partial charge in [-0.3, -0.25) is 4.79 Å². The highest BCUT2D eigenvalue weighted by molar-refractivity contribution is 6.31. The second-order valence-electron chi connectivity index (χ2n) is 3.45. The van der Waals surface area contributed by atoms with E-state index in [2.05, 4.69) is 0 Å². The zero-order valence-corrected chi connectivity index (χ0v) is 10.5. The second-order valence-corrected chi connectivity index (χ2v) is 4.30. The fourth-order valence-corrected chi connectivity index (χ4v) is 1.70. The van der Waals surface area contributed by atoms with Gasteiger partial charge >= 0.3 is 0 Å². The van der Waals surface area contributed by atoms with Crippen LogP contribution in [0.3, 0.4) is 0 Å². The molecule has 0 spiro atoms. The van der Waals surface area contributed by atoms with Gasteiger partial charge in [0.2, 0.25) is 0 Å². The van der Waals surface area contributed by atoms with Gasteiger partial charge < -0.3 is 4.74 Å². The summed E-state index contributed by atoms with van der Waals surface area (Å²) in [6.45, 7) is 0. The largest absolute Gasteiger partial charge is 0.453 e. The molecule has 0 unspecified atom stereocenters. The molecule has 0 amide bonds. The third-order valence-corrected chi connectivity index (χ3v) is 2.77. The summed E-state index contributed by atoms with van der Waals surface area (Å²) in [7, 11) is 0. The lowest BCUT2D eigenvalue weighted by Crippen LogP contribution is -1.93. The molecule has 0 N–H and O–H groups in total. The normalized spacial score (nSPS) is 10.2. The van der Waals surface area contributed by atoms with E-state index in [0.717, 1.165) is 0 Å². The standard InChI is InChI=1S/C13H7Cl2FO2/c14-9-5-4-8(7-17)12(6-9)18-11-3-1-2-10(15)13(11)16/h1-7H. The maximum absolute atomic E-state index is 13.6. The zero-order valence-electron chi connectivity index (χ0n) is 8.99. The number of hydrogen-bond acceptors (Lipinski definition) is 2. The van der Waals surface area contributed by atoms with Crippen LogP contribution in [0, 0.1) is 5.82 Å². The Labute approximate surface area is 113 Å². The summed E-state index contributed by atoms with van der Waals surface area (Å²) in [5.74, 6) is -0.567. The Morgan fingerprint density at radius 1 is 1.11 bits per heavy atom. The van der Waals surface area contributed by atoms with Crippen LogP contribution in [0.4, 0.5) is 4.39 Å². The summed E-state index contributed by atoms with van der Waals surface area (Å²) >= 11 is 11.4. The van der Waals surface area contributed by atoms with Gasteiger partial charge in [-0.05, 0) is 24.3 Å². The molecule has 0 fully saturated rings. The van der Waals surface area contributed by atoms with Crippen LogP contribution in [0.1, 0.15) is 10.4 Å². The first-order chi connectivity index (χ1) is 8.61. The summed E-state index contributed by atoms with van der Waals surface area (Å²) in [5, 5.41) is 0.334. The van der Waals surface area contributed by atoms with Crippen LogP contribution in [0.2, 0.25) is 10.0 Å². The number of carbonyl (C=O) groups is 1. The molecule has 0 aliphatic rings. The molecule has 2 aromatic rings. The van der Waals surface area contributed by atoms with Gasteiger partial charge in [-0.25, -0.2) is 4.39 Å². The maximum Gasteiger partial charge on any atom is 0.184 e. The molecular weight excluding hydrogens is 278 g/mol. The van der Waals surface area contributed by atoms with Crippen molar-refractivity contribution >= 4 is 29.5 Å². The number of hydrogen-bond donors (Lipinski definition) is 0. The smallest absolute Gasteiger partial charge is 0.184 e. The van der Waals surface area contributed by atoms with Crippen molar-refractivity contribution in [2.24, 2.45) is 0 Å². The van der Waals surface area contributed by atoms with Crippen molar-refractivity contribution in [3.8, 4) is 11.5 Å². The highest BCUT2D eigenvalue weighted by Gasteiger charge is 2.11. The summed E-state index contributed by atoms with van der Waals surface area (Å²) in [4.78, 5) is 10.8. The molecule has 0 aliphatic carbocycles. The van der Waals surface area contributed by atoms with Crippen LogP contribution < -0.4 is 4.74 Å². The van der Waals surface area contributed by atoms with Crippen molar-refractivity contribution < 1.29 is 13.9 Å². The van der Waals surface area contributed by atoms with Crippen LogP contribution in [0.25, 0.3) is 0 Å². The van der Waals surface area contributed by atoms with Crippen LogP contribution in [0.5, 0.6) is 11.5 Å². The van der Waals surface area contributed by atoms with Gasteiger partial charge in [0.25, 0.3) is 0 Å². The molecular formula is C13H7Cl2FO2. The van der Waals surface area contributed by atoms with E-state index < -0.39 is 5.82 Å². The monoisotopic (exact) mass is 284 g/mol. The third-order valence-electron chi connectivity index (χ3n) is 2.24. The van der Waals surface area contributed by atoms with Crippen molar-refractivity contribution in [2.45, 2.75) is 0 Å². The van der Waals surface area contributed by atoms with E-state index in [9.17, 15) is 9.18 Å². The molecule has 18 heavy (non-hydrogen) atoms. The van der Waals surface area contributed by atoms with Crippen molar-refractivity contribution in [1.82, 2.24) is 0 Å². The minimum absolute atomic E-state index is 0.0535. The number of carbonyl (C=O) groups excluding carboxylic acids is 1. The van der Waals surface area contributed by atoms with E-state index in [0.29, 0.717) is 11.3 Å². The molecule has 2 aromatic carbocycles. The van der Waals surface area contributed by atoms with Gasteiger partial charge in [0.05, 0.1) is 10.6 Å². The minimum atomic E-state index is -0.684. The Balaban J connectivity index is 2.42. The first-order valence-corrected chi connectivity index (χ1v) is 5.74. The Bertz CT molecular complexity index is 600. The van der Waals surface area contributed by atoms with Crippen LogP contribution >= 0.6 is 23.2 Å². The van der Waals surface area contributed by atoms with Crippen LogP contribution in [0.15, 0.2) is 36.4 Å².